The smallest absolute Gasteiger partial charge is 0.126 e. The van der Waals surface area contributed by atoms with Gasteiger partial charge in [-0.05, 0) is 32.3 Å². The van der Waals surface area contributed by atoms with Crippen LogP contribution >= 0.6 is 0 Å². The molecule has 1 aromatic heterocycles. The summed E-state index contributed by atoms with van der Waals surface area (Å²) < 4.78 is 15.2. The van der Waals surface area contributed by atoms with Gasteiger partial charge in [-0.25, -0.2) is 9.37 Å². The molecule has 5 heteroatoms. The van der Waals surface area contributed by atoms with Crippen molar-refractivity contribution in [2.75, 3.05) is 0 Å². The van der Waals surface area contributed by atoms with Crippen LogP contribution in [0.1, 0.15) is 43.8 Å². The Bertz CT molecular complexity index is 600. The zero-order valence-electron chi connectivity index (χ0n) is 12.0. The molecule has 3 unspecified atom stereocenters. The van der Waals surface area contributed by atoms with Crippen molar-refractivity contribution in [3.8, 4) is 5.75 Å². The summed E-state index contributed by atoms with van der Waals surface area (Å²) in [5.74, 6) is -0.409. The van der Waals surface area contributed by atoms with Crippen molar-refractivity contribution >= 4 is 0 Å². The lowest BCUT2D eigenvalue weighted by Crippen LogP contribution is -2.35. The second kappa shape index (κ2) is 5.85. The Balaban J connectivity index is 1.73. The molecule has 0 saturated heterocycles. The van der Waals surface area contributed by atoms with Gasteiger partial charge in [-0.2, -0.15) is 0 Å². The van der Waals surface area contributed by atoms with Gasteiger partial charge < -0.3 is 15.0 Å². The van der Waals surface area contributed by atoms with Gasteiger partial charge in [-0.15, -0.1) is 0 Å². The summed E-state index contributed by atoms with van der Waals surface area (Å²) in [5.41, 5.74) is 0.729. The number of benzene rings is 1. The molecule has 0 bridgehead atoms. The van der Waals surface area contributed by atoms with Gasteiger partial charge in [0.1, 0.15) is 11.6 Å². The second-order valence-corrected chi connectivity index (χ2v) is 5.71. The second-order valence-electron chi connectivity index (χ2n) is 5.71. The minimum Gasteiger partial charge on any atom is -0.508 e. The fourth-order valence-corrected chi connectivity index (χ4v) is 3.25. The minimum absolute atomic E-state index is 0.00665. The van der Waals surface area contributed by atoms with Crippen molar-refractivity contribution in [3.63, 3.8) is 0 Å². The van der Waals surface area contributed by atoms with E-state index in [1.165, 1.54) is 12.5 Å². The zero-order chi connectivity index (χ0) is 14.8. The van der Waals surface area contributed by atoms with E-state index in [9.17, 15) is 9.50 Å². The van der Waals surface area contributed by atoms with Gasteiger partial charge in [0.2, 0.25) is 0 Å². The van der Waals surface area contributed by atoms with Gasteiger partial charge in [0, 0.05) is 42.1 Å². The lowest BCUT2D eigenvalue weighted by Gasteiger charge is -2.26. The summed E-state index contributed by atoms with van der Waals surface area (Å²) in [6.07, 6.45) is 9.02. The molecule has 0 radical (unpaired) electrons. The van der Waals surface area contributed by atoms with E-state index in [0.29, 0.717) is 12.1 Å². The van der Waals surface area contributed by atoms with E-state index in [4.69, 9.17) is 0 Å². The maximum Gasteiger partial charge on any atom is 0.126 e. The fraction of sp³-hybridized carbons (Fsp3) is 0.438. The first-order chi connectivity index (χ1) is 10.1. The molecule has 0 amide bonds. The molecule has 0 aliphatic heterocycles. The summed E-state index contributed by atoms with van der Waals surface area (Å²) in [6.45, 7) is 2.00. The fourth-order valence-electron chi connectivity index (χ4n) is 3.25. The molecule has 2 N–H and O–H groups in total. The van der Waals surface area contributed by atoms with Crippen molar-refractivity contribution in [3.05, 3.63) is 48.3 Å². The average Bonchev–Trinajstić information content (AvgIpc) is 3.08. The van der Waals surface area contributed by atoms with E-state index in [1.807, 2.05) is 19.4 Å². The summed E-state index contributed by atoms with van der Waals surface area (Å²) >= 11 is 0. The summed E-state index contributed by atoms with van der Waals surface area (Å²) in [7, 11) is 0. The zero-order valence-corrected chi connectivity index (χ0v) is 12.0. The Morgan fingerprint density at radius 2 is 2.29 bits per heavy atom. The molecule has 1 aliphatic rings. The topological polar surface area (TPSA) is 50.1 Å². The van der Waals surface area contributed by atoms with Crippen LogP contribution < -0.4 is 5.32 Å². The molecule has 1 aromatic carbocycles. The molecular weight excluding hydrogens is 269 g/mol. The van der Waals surface area contributed by atoms with Crippen LogP contribution in [-0.4, -0.2) is 20.7 Å². The van der Waals surface area contributed by atoms with Gasteiger partial charge in [0.15, 0.2) is 0 Å². The SMILES string of the molecule is CC(NC1CCCC1n1ccnc1)c1ccc(F)cc1O. The molecule has 3 rings (SSSR count). The number of phenols is 1. The van der Waals surface area contributed by atoms with Crippen molar-refractivity contribution in [2.24, 2.45) is 0 Å². The van der Waals surface area contributed by atoms with E-state index in [-0.39, 0.29) is 11.8 Å². The van der Waals surface area contributed by atoms with Gasteiger partial charge in [-0.3, -0.25) is 0 Å². The molecule has 112 valence electrons. The van der Waals surface area contributed by atoms with Gasteiger partial charge in [0.05, 0.1) is 6.33 Å². The van der Waals surface area contributed by atoms with Crippen LogP contribution in [0.25, 0.3) is 0 Å². The first-order valence-electron chi connectivity index (χ1n) is 7.37. The highest BCUT2D eigenvalue weighted by atomic mass is 19.1. The molecule has 4 nitrogen and oxygen atoms in total. The quantitative estimate of drug-likeness (QED) is 0.909. The highest BCUT2D eigenvalue weighted by Crippen LogP contribution is 2.33. The monoisotopic (exact) mass is 289 g/mol. The number of imidazole rings is 1. The molecule has 1 fully saturated rings. The molecule has 21 heavy (non-hydrogen) atoms. The number of halogens is 1. The molecule has 1 aliphatic carbocycles. The number of nitrogens with zero attached hydrogens (tertiary/aromatic N) is 2. The normalized spacial score (nSPS) is 23.3. The highest BCUT2D eigenvalue weighted by molar-refractivity contribution is 5.35. The Kier molecular flexibility index (Phi) is 3.92. The van der Waals surface area contributed by atoms with Gasteiger partial charge in [0.25, 0.3) is 0 Å². The number of aromatic nitrogens is 2. The average molecular weight is 289 g/mol. The lowest BCUT2D eigenvalue weighted by atomic mass is 10.0. The number of hydrogen-bond donors (Lipinski definition) is 2. The third-order valence-corrected chi connectivity index (χ3v) is 4.31. The predicted octanol–water partition coefficient (Wildman–Crippen LogP) is 3.17. The molecule has 1 saturated carbocycles. The predicted molar refractivity (Wildman–Crippen MR) is 78.5 cm³/mol. The van der Waals surface area contributed by atoms with Crippen molar-refractivity contribution in [2.45, 2.75) is 44.3 Å². The summed E-state index contributed by atoms with van der Waals surface area (Å²) in [6, 6.07) is 4.88. The van der Waals surface area contributed by atoms with Crippen LogP contribution in [0.4, 0.5) is 4.39 Å². The largest absolute Gasteiger partial charge is 0.508 e. The van der Waals surface area contributed by atoms with Crippen molar-refractivity contribution < 1.29 is 9.50 Å². The lowest BCUT2D eigenvalue weighted by molar-refractivity contribution is 0.356. The van der Waals surface area contributed by atoms with Crippen LogP contribution in [-0.2, 0) is 0 Å². The minimum atomic E-state index is -0.416. The number of aromatic hydroxyl groups is 1. The van der Waals surface area contributed by atoms with E-state index in [2.05, 4.69) is 14.9 Å². The Hall–Kier alpha value is -1.88. The van der Waals surface area contributed by atoms with Gasteiger partial charge in [-0.1, -0.05) is 6.07 Å². The van der Waals surface area contributed by atoms with Crippen LogP contribution in [0.3, 0.4) is 0 Å². The highest BCUT2D eigenvalue weighted by Gasteiger charge is 2.29. The summed E-state index contributed by atoms with van der Waals surface area (Å²) in [4.78, 5) is 4.12. The van der Waals surface area contributed by atoms with E-state index in [1.54, 1.807) is 12.3 Å². The molecular formula is C16H20FN3O. The third-order valence-electron chi connectivity index (χ3n) is 4.31. The standard InChI is InChI=1S/C16H20FN3O/c1-11(13-6-5-12(17)9-16(13)21)19-14-3-2-4-15(14)20-8-7-18-10-20/h5-11,14-15,19,21H,2-4H2,1H3. The Labute approximate surface area is 123 Å². The first-order valence-corrected chi connectivity index (χ1v) is 7.37. The third kappa shape index (κ3) is 2.93. The number of phenolic OH excluding ortho intramolecular Hbond substituents is 1. The van der Waals surface area contributed by atoms with E-state index in [0.717, 1.165) is 24.5 Å². The van der Waals surface area contributed by atoms with Gasteiger partial charge >= 0.3 is 0 Å². The maximum atomic E-state index is 13.1. The van der Waals surface area contributed by atoms with E-state index >= 15 is 0 Å². The number of nitrogens with one attached hydrogen (secondary N) is 1. The molecule has 3 atom stereocenters. The first kappa shape index (κ1) is 14.1. The van der Waals surface area contributed by atoms with Crippen LogP contribution in [0.15, 0.2) is 36.9 Å². The van der Waals surface area contributed by atoms with E-state index < -0.39 is 5.82 Å². The molecule has 1 heterocycles. The van der Waals surface area contributed by atoms with Crippen LogP contribution in [0.2, 0.25) is 0 Å². The number of rotatable bonds is 4. The Morgan fingerprint density at radius 3 is 3.00 bits per heavy atom. The summed E-state index contributed by atoms with van der Waals surface area (Å²) in [5, 5.41) is 13.5. The Morgan fingerprint density at radius 1 is 1.43 bits per heavy atom. The maximum absolute atomic E-state index is 13.1. The number of hydrogen-bond acceptors (Lipinski definition) is 3. The van der Waals surface area contributed by atoms with Crippen LogP contribution in [0, 0.1) is 5.82 Å². The molecule has 2 aromatic rings. The molecule has 0 spiro atoms. The van der Waals surface area contributed by atoms with Crippen molar-refractivity contribution in [1.82, 2.24) is 14.9 Å². The van der Waals surface area contributed by atoms with Crippen molar-refractivity contribution in [1.29, 1.82) is 0 Å². The van der Waals surface area contributed by atoms with Crippen LogP contribution in [0.5, 0.6) is 5.75 Å².